The molecule has 1 saturated heterocycles. The van der Waals surface area contributed by atoms with Crippen molar-refractivity contribution in [3.05, 3.63) is 29.8 Å². The highest BCUT2D eigenvalue weighted by Crippen LogP contribution is 2.15. The maximum Gasteiger partial charge on any atom is 0.240 e. The van der Waals surface area contributed by atoms with Crippen LogP contribution < -0.4 is 10.0 Å². The Morgan fingerprint density at radius 2 is 2.04 bits per heavy atom. The summed E-state index contributed by atoms with van der Waals surface area (Å²) in [6.07, 6.45) is 3.05. The van der Waals surface area contributed by atoms with Crippen molar-refractivity contribution in [2.45, 2.75) is 43.5 Å². The number of carbonyl (C=O) groups excluding carboxylic acids is 1. The molecular weight excluding hydrogens is 326 g/mol. The molecule has 0 saturated carbocycles. The van der Waals surface area contributed by atoms with Gasteiger partial charge < -0.3 is 10.2 Å². The number of rotatable bonds is 8. The summed E-state index contributed by atoms with van der Waals surface area (Å²) in [7, 11) is -2.02. The third kappa shape index (κ3) is 4.78. The second-order valence-corrected chi connectivity index (χ2v) is 7.97. The average molecular weight is 353 g/mol. The van der Waals surface area contributed by atoms with Gasteiger partial charge in [0.05, 0.1) is 4.90 Å². The number of hydrogen-bond donors (Lipinski definition) is 2. The highest BCUT2D eigenvalue weighted by molar-refractivity contribution is 7.89. The van der Waals surface area contributed by atoms with Gasteiger partial charge in [-0.15, -0.1) is 0 Å². The first-order valence-electron chi connectivity index (χ1n) is 8.50. The Hall–Kier alpha value is -1.44. The van der Waals surface area contributed by atoms with E-state index < -0.39 is 10.0 Å². The maximum atomic E-state index is 12.6. The zero-order chi connectivity index (χ0) is 17.6. The lowest BCUT2D eigenvalue weighted by molar-refractivity contribution is -0.133. The number of hydrogen-bond acceptors (Lipinski definition) is 4. The van der Waals surface area contributed by atoms with Gasteiger partial charge in [0.25, 0.3) is 0 Å². The third-order valence-electron chi connectivity index (χ3n) is 4.39. The molecular formula is C17H27N3O3S. The van der Waals surface area contributed by atoms with Crippen LogP contribution in [0.15, 0.2) is 29.2 Å². The van der Waals surface area contributed by atoms with Crippen LogP contribution in [0.5, 0.6) is 0 Å². The Bertz CT molecular complexity index is 638. The number of sulfonamides is 1. The van der Waals surface area contributed by atoms with Crippen molar-refractivity contribution in [2.24, 2.45) is 0 Å². The lowest BCUT2D eigenvalue weighted by Crippen LogP contribution is -2.42. The molecule has 1 aliphatic rings. The Kier molecular flexibility index (Phi) is 6.77. The molecule has 2 N–H and O–H groups in total. The fraction of sp³-hybridized carbons (Fsp3) is 0.588. The molecule has 0 aromatic heterocycles. The van der Waals surface area contributed by atoms with Crippen molar-refractivity contribution in [3.63, 3.8) is 0 Å². The van der Waals surface area contributed by atoms with Gasteiger partial charge in [0.15, 0.2) is 0 Å². The number of benzene rings is 1. The van der Waals surface area contributed by atoms with E-state index >= 15 is 0 Å². The second-order valence-electron chi connectivity index (χ2n) is 6.09. The molecule has 0 spiro atoms. The van der Waals surface area contributed by atoms with Crippen LogP contribution in [0.4, 0.5) is 0 Å². The second kappa shape index (κ2) is 8.60. The van der Waals surface area contributed by atoms with E-state index in [1.165, 1.54) is 7.05 Å². The summed E-state index contributed by atoms with van der Waals surface area (Å²) in [4.78, 5) is 14.8. The average Bonchev–Trinajstić information content (AvgIpc) is 3.12. The Labute approximate surface area is 144 Å². The zero-order valence-corrected chi connectivity index (χ0v) is 15.2. The molecule has 6 nitrogen and oxygen atoms in total. The van der Waals surface area contributed by atoms with Gasteiger partial charge >= 0.3 is 0 Å². The molecule has 1 unspecified atom stereocenters. The van der Waals surface area contributed by atoms with E-state index in [1.807, 2.05) is 4.90 Å². The molecule has 1 aromatic carbocycles. The smallest absolute Gasteiger partial charge is 0.240 e. The zero-order valence-electron chi connectivity index (χ0n) is 14.4. The van der Waals surface area contributed by atoms with Gasteiger partial charge in [-0.2, -0.15) is 0 Å². The summed E-state index contributed by atoms with van der Waals surface area (Å²) in [6, 6.07) is 7.02. The molecule has 0 radical (unpaired) electrons. The molecule has 1 heterocycles. The molecule has 0 aliphatic carbocycles. The number of carbonyl (C=O) groups is 1. The van der Waals surface area contributed by atoms with Gasteiger partial charge in [-0.05, 0) is 50.6 Å². The van der Waals surface area contributed by atoms with Gasteiger partial charge in [-0.1, -0.05) is 19.1 Å². The number of nitrogens with zero attached hydrogens (tertiary/aromatic N) is 1. The molecule has 1 aliphatic heterocycles. The van der Waals surface area contributed by atoms with E-state index in [4.69, 9.17) is 0 Å². The molecule has 7 heteroatoms. The number of nitrogens with one attached hydrogen (secondary N) is 2. The lowest BCUT2D eigenvalue weighted by atomic mass is 10.1. The van der Waals surface area contributed by atoms with Crippen molar-refractivity contribution in [1.82, 2.24) is 14.9 Å². The van der Waals surface area contributed by atoms with E-state index in [9.17, 15) is 13.2 Å². The largest absolute Gasteiger partial charge is 0.338 e. The molecule has 1 amide bonds. The van der Waals surface area contributed by atoms with Crippen molar-refractivity contribution >= 4 is 15.9 Å². The Morgan fingerprint density at radius 1 is 1.33 bits per heavy atom. The van der Waals surface area contributed by atoms with Crippen LogP contribution in [-0.2, 0) is 21.2 Å². The molecule has 24 heavy (non-hydrogen) atoms. The van der Waals surface area contributed by atoms with Crippen LogP contribution in [0.25, 0.3) is 0 Å². The molecule has 134 valence electrons. The minimum atomic E-state index is -3.41. The van der Waals surface area contributed by atoms with Crippen molar-refractivity contribution < 1.29 is 13.2 Å². The highest BCUT2D eigenvalue weighted by atomic mass is 32.2. The normalized spacial score (nSPS) is 17.8. The number of amides is 1. The Balaban J connectivity index is 1.95. The van der Waals surface area contributed by atoms with Gasteiger partial charge in [0, 0.05) is 25.6 Å². The monoisotopic (exact) mass is 353 g/mol. The molecule has 1 aromatic rings. The van der Waals surface area contributed by atoms with Crippen LogP contribution >= 0.6 is 0 Å². The molecule has 0 bridgehead atoms. The standard InChI is InChI=1S/C17H27N3O3S/c1-3-12-20(15-10-11-19-13-15)17(21)9-6-14-4-7-16(8-5-14)24(22,23)18-2/h4-5,7-8,15,18-19H,3,6,9-13H2,1-2H3. The van der Waals surface area contributed by atoms with Gasteiger partial charge in [0.2, 0.25) is 15.9 Å². The third-order valence-corrected chi connectivity index (χ3v) is 5.82. The van der Waals surface area contributed by atoms with Crippen molar-refractivity contribution in [3.8, 4) is 0 Å². The van der Waals surface area contributed by atoms with Crippen LogP contribution in [-0.4, -0.2) is 51.9 Å². The van der Waals surface area contributed by atoms with Crippen molar-refractivity contribution in [1.29, 1.82) is 0 Å². The van der Waals surface area contributed by atoms with Crippen LogP contribution in [0.1, 0.15) is 31.7 Å². The summed E-state index contributed by atoms with van der Waals surface area (Å²) in [5.74, 6) is 0.178. The summed E-state index contributed by atoms with van der Waals surface area (Å²) in [6.45, 7) is 4.73. The molecule has 1 atom stereocenters. The summed E-state index contributed by atoms with van der Waals surface area (Å²) in [5.41, 5.74) is 0.972. The van der Waals surface area contributed by atoms with Gasteiger partial charge in [0.1, 0.15) is 0 Å². The molecule has 1 fully saturated rings. The van der Waals surface area contributed by atoms with Crippen LogP contribution in [0, 0.1) is 0 Å². The predicted molar refractivity (Wildman–Crippen MR) is 94.3 cm³/mol. The topological polar surface area (TPSA) is 78.5 Å². The first-order chi connectivity index (χ1) is 11.5. The fourth-order valence-corrected chi connectivity index (χ4v) is 3.74. The van der Waals surface area contributed by atoms with E-state index in [1.54, 1.807) is 24.3 Å². The SMILES string of the molecule is CCCN(C(=O)CCc1ccc(S(=O)(=O)NC)cc1)C1CCNC1. The lowest BCUT2D eigenvalue weighted by Gasteiger charge is -2.28. The first kappa shape index (κ1) is 18.9. The number of aryl methyl sites for hydroxylation is 1. The predicted octanol–water partition coefficient (Wildman–Crippen LogP) is 1.13. The van der Waals surface area contributed by atoms with E-state index in [-0.39, 0.29) is 10.8 Å². The van der Waals surface area contributed by atoms with Crippen molar-refractivity contribution in [2.75, 3.05) is 26.7 Å². The van der Waals surface area contributed by atoms with Crippen LogP contribution in [0.3, 0.4) is 0 Å². The Morgan fingerprint density at radius 3 is 2.58 bits per heavy atom. The minimum absolute atomic E-state index is 0.178. The van der Waals surface area contributed by atoms with E-state index in [0.29, 0.717) is 18.9 Å². The first-order valence-corrected chi connectivity index (χ1v) is 9.99. The molecule has 2 rings (SSSR count). The van der Waals surface area contributed by atoms with E-state index in [2.05, 4.69) is 17.0 Å². The van der Waals surface area contributed by atoms with Gasteiger partial charge in [-0.3, -0.25) is 4.79 Å². The summed E-state index contributed by atoms with van der Waals surface area (Å²) >= 11 is 0. The van der Waals surface area contributed by atoms with Crippen LogP contribution in [0.2, 0.25) is 0 Å². The summed E-state index contributed by atoms with van der Waals surface area (Å²) in [5, 5.41) is 3.31. The quantitative estimate of drug-likeness (QED) is 0.734. The van der Waals surface area contributed by atoms with E-state index in [0.717, 1.165) is 38.0 Å². The fourth-order valence-electron chi connectivity index (χ4n) is 3.01. The minimum Gasteiger partial charge on any atom is -0.338 e. The summed E-state index contributed by atoms with van der Waals surface area (Å²) < 4.78 is 25.7. The maximum absolute atomic E-state index is 12.6. The van der Waals surface area contributed by atoms with Gasteiger partial charge in [-0.25, -0.2) is 13.1 Å². The highest BCUT2D eigenvalue weighted by Gasteiger charge is 2.25.